The number of rotatable bonds is 4. The summed E-state index contributed by atoms with van der Waals surface area (Å²) in [6.45, 7) is 3.86. The number of alkyl halides is 2. The minimum absolute atomic E-state index is 0.0970. The minimum Gasteiger partial charge on any atom is -0.493 e. The van der Waals surface area contributed by atoms with Crippen molar-refractivity contribution in [2.45, 2.75) is 38.5 Å². The molecule has 1 aromatic heterocycles. The van der Waals surface area contributed by atoms with Gasteiger partial charge in [0.25, 0.3) is 0 Å². The zero-order valence-corrected chi connectivity index (χ0v) is 13.3. The zero-order valence-electron chi connectivity index (χ0n) is 13.3. The second-order valence-electron chi connectivity index (χ2n) is 6.68. The Hall–Kier alpha value is -1.72. The predicted molar refractivity (Wildman–Crippen MR) is 81.4 cm³/mol. The molecule has 6 heteroatoms. The fourth-order valence-electron chi connectivity index (χ4n) is 3.24. The Bertz CT molecular complexity index is 563. The average Bonchev–Trinajstić information content (AvgIpc) is 2.51. The summed E-state index contributed by atoms with van der Waals surface area (Å²) >= 11 is 0. The molecule has 1 aliphatic heterocycles. The van der Waals surface area contributed by atoms with Crippen molar-refractivity contribution in [2.24, 2.45) is 11.8 Å². The number of likely N-dealkylation sites (tertiary alicyclic amines) is 1. The van der Waals surface area contributed by atoms with E-state index in [1.54, 1.807) is 17.3 Å². The zero-order chi connectivity index (χ0) is 16.4. The van der Waals surface area contributed by atoms with Gasteiger partial charge >= 0.3 is 0 Å². The molecule has 1 saturated carbocycles. The summed E-state index contributed by atoms with van der Waals surface area (Å²) in [6.07, 6.45) is 4.63. The number of amides is 1. The van der Waals surface area contributed by atoms with Gasteiger partial charge in [0, 0.05) is 49.8 Å². The topological polar surface area (TPSA) is 42.4 Å². The molecule has 3 rings (SSSR count). The Balaban J connectivity index is 1.42. The van der Waals surface area contributed by atoms with Gasteiger partial charge in [-0.2, -0.15) is 0 Å². The number of aromatic nitrogens is 1. The van der Waals surface area contributed by atoms with Crippen LogP contribution in [0.2, 0.25) is 0 Å². The Morgan fingerprint density at radius 3 is 2.70 bits per heavy atom. The van der Waals surface area contributed by atoms with Crippen LogP contribution in [0.3, 0.4) is 0 Å². The second-order valence-corrected chi connectivity index (χ2v) is 6.68. The van der Waals surface area contributed by atoms with E-state index in [9.17, 15) is 13.6 Å². The van der Waals surface area contributed by atoms with E-state index in [4.69, 9.17) is 4.74 Å². The Labute approximate surface area is 134 Å². The van der Waals surface area contributed by atoms with Crippen molar-refractivity contribution >= 4 is 5.91 Å². The van der Waals surface area contributed by atoms with Crippen molar-refractivity contribution < 1.29 is 18.3 Å². The number of pyridine rings is 1. The molecule has 1 aromatic rings. The summed E-state index contributed by atoms with van der Waals surface area (Å²) in [5.41, 5.74) is 1.01. The van der Waals surface area contributed by atoms with E-state index in [0.717, 1.165) is 24.2 Å². The first-order valence-electron chi connectivity index (χ1n) is 8.15. The quantitative estimate of drug-likeness (QED) is 0.855. The molecule has 0 spiro atoms. The van der Waals surface area contributed by atoms with Gasteiger partial charge in [-0.25, -0.2) is 8.78 Å². The fourth-order valence-corrected chi connectivity index (χ4v) is 3.24. The van der Waals surface area contributed by atoms with Gasteiger partial charge in [0.05, 0.1) is 6.61 Å². The van der Waals surface area contributed by atoms with Gasteiger partial charge in [0.2, 0.25) is 11.8 Å². The Morgan fingerprint density at radius 2 is 2.09 bits per heavy atom. The van der Waals surface area contributed by atoms with Crippen LogP contribution in [-0.2, 0) is 4.79 Å². The molecule has 0 bridgehead atoms. The Morgan fingerprint density at radius 1 is 1.39 bits per heavy atom. The van der Waals surface area contributed by atoms with Gasteiger partial charge in [-0.3, -0.25) is 9.78 Å². The van der Waals surface area contributed by atoms with Crippen molar-refractivity contribution in [1.82, 2.24) is 9.88 Å². The molecule has 4 nitrogen and oxygen atoms in total. The van der Waals surface area contributed by atoms with Crippen molar-refractivity contribution in [2.75, 3.05) is 19.7 Å². The number of hydrogen-bond acceptors (Lipinski definition) is 3. The van der Waals surface area contributed by atoms with Gasteiger partial charge in [-0.1, -0.05) is 0 Å². The van der Waals surface area contributed by atoms with Crippen LogP contribution < -0.4 is 4.74 Å². The fraction of sp³-hybridized carbons (Fsp3) is 0.647. The molecule has 0 N–H and O–H groups in total. The molecule has 23 heavy (non-hydrogen) atoms. The number of ether oxygens (including phenoxy) is 1. The van der Waals surface area contributed by atoms with Crippen LogP contribution in [0.25, 0.3) is 0 Å². The summed E-state index contributed by atoms with van der Waals surface area (Å²) in [6, 6.07) is 1.85. The maximum absolute atomic E-state index is 12.9. The third kappa shape index (κ3) is 3.79. The van der Waals surface area contributed by atoms with Crippen LogP contribution in [0.15, 0.2) is 18.5 Å². The van der Waals surface area contributed by atoms with E-state index in [0.29, 0.717) is 25.6 Å². The smallest absolute Gasteiger partial charge is 0.249 e. The summed E-state index contributed by atoms with van der Waals surface area (Å²) < 4.78 is 31.6. The van der Waals surface area contributed by atoms with E-state index in [-0.39, 0.29) is 18.7 Å². The van der Waals surface area contributed by atoms with E-state index in [1.165, 1.54) is 0 Å². The first kappa shape index (κ1) is 16.1. The van der Waals surface area contributed by atoms with Crippen molar-refractivity contribution in [3.05, 3.63) is 24.0 Å². The van der Waals surface area contributed by atoms with Crippen LogP contribution >= 0.6 is 0 Å². The first-order valence-corrected chi connectivity index (χ1v) is 8.15. The lowest BCUT2D eigenvalue weighted by atomic mass is 9.80. The van der Waals surface area contributed by atoms with Crippen molar-refractivity contribution in [1.29, 1.82) is 0 Å². The summed E-state index contributed by atoms with van der Waals surface area (Å²) in [7, 11) is 0. The molecule has 126 valence electrons. The molecule has 1 amide bonds. The first-order chi connectivity index (χ1) is 10.9. The van der Waals surface area contributed by atoms with Crippen LogP contribution in [0.4, 0.5) is 8.78 Å². The molecule has 0 aromatic carbocycles. The largest absolute Gasteiger partial charge is 0.493 e. The third-order valence-corrected chi connectivity index (χ3v) is 4.81. The standard InChI is InChI=1S/C17H22F2N2O2/c1-12-10-20-5-2-15(12)23-11-13-3-6-21(7-4-13)16(22)14-8-17(18,19)9-14/h2,5,10,13-14H,3-4,6-9,11H2,1H3. The van der Waals surface area contributed by atoms with Crippen LogP contribution in [-0.4, -0.2) is 41.4 Å². The summed E-state index contributed by atoms with van der Waals surface area (Å²) in [5, 5.41) is 0. The molecule has 2 heterocycles. The number of piperidine rings is 1. The third-order valence-electron chi connectivity index (χ3n) is 4.81. The highest BCUT2D eigenvalue weighted by Crippen LogP contribution is 2.43. The van der Waals surface area contributed by atoms with Gasteiger partial charge in [-0.05, 0) is 31.7 Å². The lowest BCUT2D eigenvalue weighted by molar-refractivity contribution is -0.161. The summed E-state index contributed by atoms with van der Waals surface area (Å²) in [4.78, 5) is 17.9. The maximum Gasteiger partial charge on any atom is 0.249 e. The molecule has 0 atom stereocenters. The predicted octanol–water partition coefficient (Wildman–Crippen LogP) is 3.05. The van der Waals surface area contributed by atoms with Gasteiger partial charge in [0.1, 0.15) is 5.75 Å². The molecule has 0 radical (unpaired) electrons. The molecular weight excluding hydrogens is 302 g/mol. The highest BCUT2D eigenvalue weighted by molar-refractivity contribution is 5.80. The van der Waals surface area contributed by atoms with E-state index in [2.05, 4.69) is 4.98 Å². The normalized spacial score (nSPS) is 21.8. The van der Waals surface area contributed by atoms with E-state index < -0.39 is 11.8 Å². The number of carbonyl (C=O) groups is 1. The maximum atomic E-state index is 12.9. The minimum atomic E-state index is -2.63. The van der Waals surface area contributed by atoms with Gasteiger partial charge in [0.15, 0.2) is 0 Å². The van der Waals surface area contributed by atoms with Crippen molar-refractivity contribution in [3.8, 4) is 5.75 Å². The van der Waals surface area contributed by atoms with Crippen LogP contribution in [0, 0.1) is 18.8 Å². The molecule has 1 aliphatic carbocycles. The SMILES string of the molecule is Cc1cnccc1OCC1CCN(C(=O)C2CC(F)(F)C2)CC1. The molecule has 1 saturated heterocycles. The van der Waals surface area contributed by atoms with E-state index in [1.807, 2.05) is 13.0 Å². The van der Waals surface area contributed by atoms with Crippen LogP contribution in [0.1, 0.15) is 31.2 Å². The summed E-state index contributed by atoms with van der Waals surface area (Å²) in [5.74, 6) is -1.96. The van der Waals surface area contributed by atoms with Crippen molar-refractivity contribution in [3.63, 3.8) is 0 Å². The Kier molecular flexibility index (Phi) is 4.50. The highest BCUT2D eigenvalue weighted by atomic mass is 19.3. The monoisotopic (exact) mass is 324 g/mol. The molecular formula is C17H22F2N2O2. The average molecular weight is 324 g/mol. The molecule has 2 fully saturated rings. The lowest BCUT2D eigenvalue weighted by Gasteiger charge is -2.39. The van der Waals surface area contributed by atoms with E-state index >= 15 is 0 Å². The number of carbonyl (C=O) groups excluding carboxylic acids is 1. The highest BCUT2D eigenvalue weighted by Gasteiger charge is 2.49. The lowest BCUT2D eigenvalue weighted by Crippen LogP contribution is -2.49. The molecule has 2 aliphatic rings. The molecule has 0 unspecified atom stereocenters. The number of nitrogens with zero attached hydrogens (tertiary/aromatic N) is 2. The van der Waals surface area contributed by atoms with Crippen LogP contribution in [0.5, 0.6) is 5.75 Å². The van der Waals surface area contributed by atoms with Gasteiger partial charge in [-0.15, -0.1) is 0 Å². The van der Waals surface area contributed by atoms with Gasteiger partial charge < -0.3 is 9.64 Å². The number of halogens is 2. The number of aryl methyl sites for hydroxylation is 1. The number of hydrogen-bond donors (Lipinski definition) is 0. The second kappa shape index (κ2) is 6.42.